The number of rotatable bonds is 4. The van der Waals surface area contributed by atoms with E-state index in [1.807, 2.05) is 0 Å². The van der Waals surface area contributed by atoms with E-state index in [0.717, 1.165) is 0 Å². The quantitative estimate of drug-likeness (QED) is 0.777. The van der Waals surface area contributed by atoms with E-state index in [9.17, 15) is 14.0 Å². The maximum atomic E-state index is 13.3. The molecule has 0 aromatic heterocycles. The van der Waals surface area contributed by atoms with Gasteiger partial charge in [0.25, 0.3) is 0 Å². The minimum absolute atomic E-state index is 0.113. The average Bonchev–Trinajstić information content (AvgIpc) is 2.26. The lowest BCUT2D eigenvalue weighted by atomic mass is 10.1. The van der Waals surface area contributed by atoms with E-state index in [2.05, 4.69) is 5.32 Å². The van der Waals surface area contributed by atoms with Gasteiger partial charge >= 0.3 is 0 Å². The molecule has 0 aliphatic rings. The Morgan fingerprint density at radius 3 is 2.81 bits per heavy atom. The number of anilines is 1. The first kappa shape index (κ1) is 12.2. The summed E-state index contributed by atoms with van der Waals surface area (Å²) in [5, 5.41) is 2.50. The first-order valence-corrected chi connectivity index (χ1v) is 4.75. The molecule has 4 nitrogen and oxygen atoms in total. The summed E-state index contributed by atoms with van der Waals surface area (Å²) in [6.45, 7) is 1.47. The van der Waals surface area contributed by atoms with Gasteiger partial charge in [0, 0.05) is 31.8 Å². The molecule has 0 saturated heterocycles. The molecule has 1 aromatic rings. The van der Waals surface area contributed by atoms with Crippen LogP contribution in [0.25, 0.3) is 0 Å². The standard InChI is InChI=1S/C11H13FN2O2/c1-8(16)13-6-9-5-10(14(2)7-15)3-4-11(9)12/h3-5,7H,6H2,1-2H3,(H,13,16). The number of carbonyl (C=O) groups is 2. The van der Waals surface area contributed by atoms with Crippen LogP contribution in [0.2, 0.25) is 0 Å². The summed E-state index contributed by atoms with van der Waals surface area (Å²) in [5.41, 5.74) is 0.929. The van der Waals surface area contributed by atoms with Crippen LogP contribution in [0.15, 0.2) is 18.2 Å². The number of halogens is 1. The molecule has 0 aliphatic heterocycles. The molecule has 1 rings (SSSR count). The van der Waals surface area contributed by atoms with Crippen LogP contribution in [0.5, 0.6) is 0 Å². The molecule has 16 heavy (non-hydrogen) atoms. The van der Waals surface area contributed by atoms with Crippen molar-refractivity contribution in [2.45, 2.75) is 13.5 Å². The molecular weight excluding hydrogens is 211 g/mol. The summed E-state index contributed by atoms with van der Waals surface area (Å²) in [4.78, 5) is 22.6. The van der Waals surface area contributed by atoms with Gasteiger partial charge in [-0.05, 0) is 18.2 Å². The monoisotopic (exact) mass is 224 g/mol. The van der Waals surface area contributed by atoms with E-state index in [1.54, 1.807) is 7.05 Å². The van der Waals surface area contributed by atoms with Crippen molar-refractivity contribution in [2.75, 3.05) is 11.9 Å². The lowest BCUT2D eigenvalue weighted by Gasteiger charge is -2.12. The van der Waals surface area contributed by atoms with Gasteiger partial charge in [0.15, 0.2) is 0 Å². The van der Waals surface area contributed by atoms with E-state index in [-0.39, 0.29) is 12.5 Å². The molecule has 0 fully saturated rings. The number of hydrogen-bond acceptors (Lipinski definition) is 2. The third kappa shape index (κ3) is 3.05. The van der Waals surface area contributed by atoms with Gasteiger partial charge in [-0.1, -0.05) is 0 Å². The maximum absolute atomic E-state index is 13.3. The number of amides is 2. The zero-order chi connectivity index (χ0) is 12.1. The normalized spacial score (nSPS) is 9.69. The molecular formula is C11H13FN2O2. The Morgan fingerprint density at radius 1 is 1.56 bits per heavy atom. The van der Waals surface area contributed by atoms with Crippen molar-refractivity contribution in [3.05, 3.63) is 29.6 Å². The summed E-state index contributed by atoms with van der Waals surface area (Å²) < 4.78 is 13.3. The van der Waals surface area contributed by atoms with Gasteiger partial charge in [0.2, 0.25) is 12.3 Å². The minimum atomic E-state index is -0.406. The van der Waals surface area contributed by atoms with E-state index in [4.69, 9.17) is 0 Å². The Labute approximate surface area is 93.1 Å². The highest BCUT2D eigenvalue weighted by Crippen LogP contribution is 2.16. The van der Waals surface area contributed by atoms with Crippen LogP contribution >= 0.6 is 0 Å². The van der Waals surface area contributed by atoms with Gasteiger partial charge in [-0.3, -0.25) is 9.59 Å². The molecule has 0 spiro atoms. The smallest absolute Gasteiger partial charge is 0.217 e. The van der Waals surface area contributed by atoms with Gasteiger partial charge < -0.3 is 10.2 Å². The van der Waals surface area contributed by atoms with Crippen LogP contribution in [0, 0.1) is 5.82 Å². The second-order valence-electron chi connectivity index (χ2n) is 3.40. The zero-order valence-electron chi connectivity index (χ0n) is 9.16. The largest absolute Gasteiger partial charge is 0.352 e. The molecule has 0 saturated carbocycles. The van der Waals surface area contributed by atoms with Crippen molar-refractivity contribution in [3.63, 3.8) is 0 Å². The summed E-state index contributed by atoms with van der Waals surface area (Å²) in [6.07, 6.45) is 0.634. The van der Waals surface area contributed by atoms with Crippen molar-refractivity contribution < 1.29 is 14.0 Å². The van der Waals surface area contributed by atoms with Crippen LogP contribution in [0.3, 0.4) is 0 Å². The highest BCUT2D eigenvalue weighted by atomic mass is 19.1. The number of nitrogens with one attached hydrogen (secondary N) is 1. The second kappa shape index (κ2) is 5.25. The zero-order valence-corrected chi connectivity index (χ0v) is 9.16. The Morgan fingerprint density at radius 2 is 2.25 bits per heavy atom. The van der Waals surface area contributed by atoms with Crippen molar-refractivity contribution in [1.29, 1.82) is 0 Å². The van der Waals surface area contributed by atoms with E-state index < -0.39 is 5.82 Å². The summed E-state index contributed by atoms with van der Waals surface area (Å²) >= 11 is 0. The third-order valence-corrected chi connectivity index (χ3v) is 2.12. The number of nitrogens with zero attached hydrogens (tertiary/aromatic N) is 1. The van der Waals surface area contributed by atoms with Crippen molar-refractivity contribution in [1.82, 2.24) is 5.32 Å². The fourth-order valence-corrected chi connectivity index (χ4v) is 1.20. The maximum Gasteiger partial charge on any atom is 0.217 e. The Hall–Kier alpha value is -1.91. The van der Waals surface area contributed by atoms with Gasteiger partial charge in [-0.15, -0.1) is 0 Å². The van der Waals surface area contributed by atoms with E-state index >= 15 is 0 Å². The van der Waals surface area contributed by atoms with Crippen LogP contribution in [-0.2, 0) is 16.1 Å². The molecule has 5 heteroatoms. The fourth-order valence-electron chi connectivity index (χ4n) is 1.20. The van der Waals surface area contributed by atoms with E-state index in [0.29, 0.717) is 17.7 Å². The fraction of sp³-hybridized carbons (Fsp3) is 0.273. The second-order valence-corrected chi connectivity index (χ2v) is 3.40. The molecule has 1 aromatic carbocycles. The highest BCUT2D eigenvalue weighted by Gasteiger charge is 2.06. The minimum Gasteiger partial charge on any atom is -0.352 e. The van der Waals surface area contributed by atoms with Gasteiger partial charge in [0.1, 0.15) is 5.82 Å². The molecule has 0 bridgehead atoms. The summed E-state index contributed by atoms with van der Waals surface area (Å²) in [6, 6.07) is 4.30. The highest BCUT2D eigenvalue weighted by molar-refractivity contribution is 5.75. The first-order chi connectivity index (χ1) is 7.54. The predicted molar refractivity (Wildman–Crippen MR) is 58.4 cm³/mol. The Kier molecular flexibility index (Phi) is 3.99. The topological polar surface area (TPSA) is 49.4 Å². The Balaban J connectivity index is 2.90. The van der Waals surface area contributed by atoms with Gasteiger partial charge in [0.05, 0.1) is 0 Å². The Bertz CT molecular complexity index is 407. The first-order valence-electron chi connectivity index (χ1n) is 4.75. The van der Waals surface area contributed by atoms with Crippen LogP contribution < -0.4 is 10.2 Å². The van der Waals surface area contributed by atoms with Gasteiger partial charge in [-0.2, -0.15) is 0 Å². The summed E-state index contributed by atoms with van der Waals surface area (Å²) in [7, 11) is 1.57. The SMILES string of the molecule is CC(=O)NCc1cc(N(C)C=O)ccc1F. The van der Waals surface area contributed by atoms with E-state index in [1.165, 1.54) is 30.0 Å². The molecule has 0 radical (unpaired) electrons. The van der Waals surface area contributed by atoms with Gasteiger partial charge in [-0.25, -0.2) is 4.39 Å². The number of carbonyl (C=O) groups excluding carboxylic acids is 2. The molecule has 86 valence electrons. The lowest BCUT2D eigenvalue weighted by Crippen LogP contribution is -2.20. The van der Waals surface area contributed by atoms with Crippen LogP contribution in [0.1, 0.15) is 12.5 Å². The lowest BCUT2D eigenvalue weighted by molar-refractivity contribution is -0.119. The third-order valence-electron chi connectivity index (χ3n) is 2.12. The van der Waals surface area contributed by atoms with Crippen molar-refractivity contribution in [2.24, 2.45) is 0 Å². The molecule has 0 atom stereocenters. The van der Waals surface area contributed by atoms with Crippen molar-refractivity contribution >= 4 is 18.0 Å². The van der Waals surface area contributed by atoms with Crippen molar-refractivity contribution in [3.8, 4) is 0 Å². The average molecular weight is 224 g/mol. The van der Waals surface area contributed by atoms with Crippen LogP contribution in [-0.4, -0.2) is 19.4 Å². The summed E-state index contributed by atoms with van der Waals surface area (Å²) in [5.74, 6) is -0.634. The molecule has 0 aliphatic carbocycles. The molecule has 2 amide bonds. The number of benzene rings is 1. The van der Waals surface area contributed by atoms with Crippen LogP contribution in [0.4, 0.5) is 10.1 Å². The number of hydrogen-bond donors (Lipinski definition) is 1. The molecule has 0 unspecified atom stereocenters. The molecule has 0 heterocycles. The predicted octanol–water partition coefficient (Wildman–Crippen LogP) is 1.05. The molecule has 1 N–H and O–H groups in total.